The molecular weight excluding hydrogens is 238 g/mol. The van der Waals surface area contributed by atoms with Gasteiger partial charge < -0.3 is 4.90 Å². The number of thioether (sulfide) groups is 1. The second-order valence-electron chi connectivity index (χ2n) is 3.64. The topological polar surface area (TPSA) is 50.7 Å². The first-order valence-corrected chi connectivity index (χ1v) is 6.36. The van der Waals surface area contributed by atoms with Crippen LogP contribution in [0.15, 0.2) is 18.2 Å². The summed E-state index contributed by atoms with van der Waals surface area (Å²) in [6.45, 7) is 8.85. The van der Waals surface area contributed by atoms with Crippen LogP contribution in [0.4, 0.5) is 17.1 Å². The molecule has 0 bridgehead atoms. The van der Waals surface area contributed by atoms with E-state index in [9.17, 15) is 10.1 Å². The molecule has 6 heteroatoms. The molecule has 0 amide bonds. The molecule has 0 unspecified atom stereocenters. The monoisotopic (exact) mass is 249 g/mol. The molecule has 17 heavy (non-hydrogen) atoms. The first kappa shape index (κ1) is 11.7. The molecule has 0 N–H and O–H groups in total. The average Bonchev–Trinajstić information content (AvgIpc) is 2.39. The molecule has 1 saturated heterocycles. The summed E-state index contributed by atoms with van der Waals surface area (Å²) in [7, 11) is 0. The molecule has 1 heterocycles. The lowest BCUT2D eigenvalue weighted by Crippen LogP contribution is -2.32. The molecule has 1 aromatic rings. The minimum atomic E-state index is -0.511. The maximum absolute atomic E-state index is 10.7. The maximum Gasteiger partial charge on any atom is 0.279 e. The average molecular weight is 249 g/mol. The van der Waals surface area contributed by atoms with Crippen LogP contribution < -0.4 is 4.90 Å². The van der Waals surface area contributed by atoms with Gasteiger partial charge >= 0.3 is 0 Å². The highest BCUT2D eigenvalue weighted by Crippen LogP contribution is 2.32. The van der Waals surface area contributed by atoms with E-state index >= 15 is 0 Å². The van der Waals surface area contributed by atoms with Crippen molar-refractivity contribution in [3.8, 4) is 0 Å². The number of rotatable bonds is 2. The predicted molar refractivity (Wildman–Crippen MR) is 68.9 cm³/mol. The quantitative estimate of drug-likeness (QED) is 0.459. The van der Waals surface area contributed by atoms with Crippen LogP contribution in [0.2, 0.25) is 0 Å². The zero-order valence-corrected chi connectivity index (χ0v) is 9.94. The van der Waals surface area contributed by atoms with Gasteiger partial charge in [-0.3, -0.25) is 10.1 Å². The van der Waals surface area contributed by atoms with Crippen LogP contribution in [0.5, 0.6) is 0 Å². The SMILES string of the molecule is [C-]#[N+]c1cc(N2CCSCC2)ccc1[N+](=O)[O-]. The lowest BCUT2D eigenvalue weighted by atomic mass is 10.2. The fourth-order valence-corrected chi connectivity index (χ4v) is 2.68. The molecule has 1 aliphatic rings. The number of nitro benzene ring substituents is 1. The van der Waals surface area contributed by atoms with Gasteiger partial charge in [-0.1, -0.05) is 0 Å². The van der Waals surface area contributed by atoms with Crippen molar-refractivity contribution in [1.29, 1.82) is 0 Å². The Labute approximate surface area is 103 Å². The van der Waals surface area contributed by atoms with Gasteiger partial charge in [-0.2, -0.15) is 11.8 Å². The first-order chi connectivity index (χ1) is 8.22. The van der Waals surface area contributed by atoms with Crippen LogP contribution in [0.1, 0.15) is 0 Å². The summed E-state index contributed by atoms with van der Waals surface area (Å²) >= 11 is 1.90. The van der Waals surface area contributed by atoms with Crippen molar-refractivity contribution in [2.24, 2.45) is 0 Å². The van der Waals surface area contributed by atoms with Gasteiger partial charge in [0.05, 0.1) is 11.5 Å². The number of anilines is 1. The molecule has 0 saturated carbocycles. The Hall–Kier alpha value is -1.74. The van der Waals surface area contributed by atoms with Crippen molar-refractivity contribution in [2.45, 2.75) is 0 Å². The third-order valence-electron chi connectivity index (χ3n) is 2.65. The third kappa shape index (κ3) is 2.50. The zero-order valence-electron chi connectivity index (χ0n) is 9.13. The Morgan fingerprint density at radius 3 is 2.71 bits per heavy atom. The van der Waals surface area contributed by atoms with E-state index in [1.54, 1.807) is 12.1 Å². The maximum atomic E-state index is 10.7. The zero-order chi connectivity index (χ0) is 12.3. The van der Waals surface area contributed by atoms with Crippen LogP contribution in [0.3, 0.4) is 0 Å². The van der Waals surface area contributed by atoms with Crippen LogP contribution in [0, 0.1) is 16.7 Å². The number of hydrogen-bond donors (Lipinski definition) is 0. The summed E-state index contributed by atoms with van der Waals surface area (Å²) in [5.41, 5.74) is 0.905. The van der Waals surface area contributed by atoms with Crippen molar-refractivity contribution in [3.63, 3.8) is 0 Å². The number of nitrogens with zero attached hydrogens (tertiary/aromatic N) is 3. The predicted octanol–water partition coefficient (Wildman–Crippen LogP) is 2.70. The standard InChI is InChI=1S/C11H11N3O2S/c1-12-10-8-9(2-3-11(10)14(15)16)13-4-6-17-7-5-13/h2-3,8H,4-7H2. The molecular formula is C11H11N3O2S. The van der Waals surface area contributed by atoms with E-state index in [1.165, 1.54) is 6.07 Å². The van der Waals surface area contributed by atoms with E-state index in [-0.39, 0.29) is 11.4 Å². The van der Waals surface area contributed by atoms with E-state index in [0.29, 0.717) is 0 Å². The second-order valence-corrected chi connectivity index (χ2v) is 4.87. The molecule has 0 spiro atoms. The Bertz CT molecular complexity index is 478. The van der Waals surface area contributed by atoms with Gasteiger partial charge in [0.15, 0.2) is 0 Å². The van der Waals surface area contributed by atoms with E-state index in [0.717, 1.165) is 30.3 Å². The Morgan fingerprint density at radius 2 is 2.12 bits per heavy atom. The van der Waals surface area contributed by atoms with Crippen molar-refractivity contribution in [2.75, 3.05) is 29.5 Å². The molecule has 0 aliphatic carbocycles. The van der Waals surface area contributed by atoms with E-state index < -0.39 is 4.92 Å². The summed E-state index contributed by atoms with van der Waals surface area (Å²) in [4.78, 5) is 15.6. The van der Waals surface area contributed by atoms with Crippen molar-refractivity contribution >= 4 is 28.8 Å². The largest absolute Gasteiger partial charge is 0.371 e. The number of hydrogen-bond acceptors (Lipinski definition) is 4. The normalized spacial score (nSPS) is 15.4. The summed E-state index contributed by atoms with van der Waals surface area (Å²) in [6, 6.07) is 4.76. The summed E-state index contributed by atoms with van der Waals surface area (Å²) in [5, 5.41) is 10.7. The molecule has 2 rings (SSSR count). The van der Waals surface area contributed by atoms with Gasteiger partial charge in [0, 0.05) is 36.3 Å². The Morgan fingerprint density at radius 1 is 1.41 bits per heavy atom. The molecule has 1 aromatic carbocycles. The van der Waals surface area contributed by atoms with E-state index in [1.807, 2.05) is 11.8 Å². The summed E-state index contributed by atoms with van der Waals surface area (Å²) in [6.07, 6.45) is 0. The van der Waals surface area contributed by atoms with Gasteiger partial charge in [-0.25, -0.2) is 4.85 Å². The molecule has 1 aliphatic heterocycles. The molecule has 88 valence electrons. The van der Waals surface area contributed by atoms with Gasteiger partial charge in [0.25, 0.3) is 11.4 Å². The number of nitro groups is 1. The summed E-state index contributed by atoms with van der Waals surface area (Å²) in [5.74, 6) is 2.12. The van der Waals surface area contributed by atoms with Crippen molar-refractivity contribution in [1.82, 2.24) is 0 Å². The number of benzene rings is 1. The molecule has 0 atom stereocenters. The highest BCUT2D eigenvalue weighted by Gasteiger charge is 2.17. The highest BCUT2D eigenvalue weighted by atomic mass is 32.2. The lowest BCUT2D eigenvalue weighted by Gasteiger charge is -2.28. The van der Waals surface area contributed by atoms with Gasteiger partial charge in [-0.05, 0) is 12.1 Å². The molecule has 5 nitrogen and oxygen atoms in total. The van der Waals surface area contributed by atoms with Crippen LogP contribution in [-0.2, 0) is 0 Å². The fourth-order valence-electron chi connectivity index (χ4n) is 1.77. The van der Waals surface area contributed by atoms with Gasteiger partial charge in [-0.15, -0.1) is 0 Å². The molecule has 0 radical (unpaired) electrons. The summed E-state index contributed by atoms with van der Waals surface area (Å²) < 4.78 is 0. The smallest absolute Gasteiger partial charge is 0.279 e. The molecule has 1 fully saturated rings. The van der Waals surface area contributed by atoms with Crippen LogP contribution in [-0.4, -0.2) is 29.5 Å². The third-order valence-corrected chi connectivity index (χ3v) is 3.59. The van der Waals surface area contributed by atoms with E-state index in [2.05, 4.69) is 9.74 Å². The minimum Gasteiger partial charge on any atom is -0.371 e. The molecule has 0 aromatic heterocycles. The van der Waals surface area contributed by atoms with Crippen molar-refractivity contribution in [3.05, 3.63) is 39.7 Å². The fraction of sp³-hybridized carbons (Fsp3) is 0.364. The lowest BCUT2D eigenvalue weighted by molar-refractivity contribution is -0.383. The van der Waals surface area contributed by atoms with Gasteiger partial charge in [0.2, 0.25) is 0 Å². The first-order valence-electron chi connectivity index (χ1n) is 5.21. The minimum absolute atomic E-state index is 0.116. The Balaban J connectivity index is 2.31. The highest BCUT2D eigenvalue weighted by molar-refractivity contribution is 7.99. The van der Waals surface area contributed by atoms with Crippen molar-refractivity contribution < 1.29 is 4.92 Å². The van der Waals surface area contributed by atoms with Crippen LogP contribution in [0.25, 0.3) is 4.85 Å². The van der Waals surface area contributed by atoms with E-state index in [4.69, 9.17) is 6.57 Å². The second kappa shape index (κ2) is 5.06. The van der Waals surface area contributed by atoms with Crippen LogP contribution >= 0.6 is 11.8 Å². The van der Waals surface area contributed by atoms with Gasteiger partial charge in [0.1, 0.15) is 0 Å². The Kier molecular flexibility index (Phi) is 3.49.